The van der Waals surface area contributed by atoms with Gasteiger partial charge in [-0.2, -0.15) is 0 Å². The SMILES string of the molecule is C/C=C/CCNC(=O)Nc1ccc(C(=O)O)c(Cl)c1. The van der Waals surface area contributed by atoms with Crippen molar-refractivity contribution in [3.8, 4) is 0 Å². The summed E-state index contributed by atoms with van der Waals surface area (Å²) in [6.07, 6.45) is 4.60. The van der Waals surface area contributed by atoms with Gasteiger partial charge >= 0.3 is 12.0 Å². The van der Waals surface area contributed by atoms with Crippen LogP contribution in [0.25, 0.3) is 0 Å². The van der Waals surface area contributed by atoms with E-state index in [-0.39, 0.29) is 16.6 Å². The molecule has 6 heteroatoms. The highest BCUT2D eigenvalue weighted by molar-refractivity contribution is 6.33. The van der Waals surface area contributed by atoms with Gasteiger partial charge in [0, 0.05) is 12.2 Å². The van der Waals surface area contributed by atoms with E-state index in [1.54, 1.807) is 0 Å². The molecule has 5 nitrogen and oxygen atoms in total. The van der Waals surface area contributed by atoms with Gasteiger partial charge in [0.25, 0.3) is 0 Å². The first-order valence-electron chi connectivity index (χ1n) is 5.73. The molecule has 0 unspecified atom stereocenters. The first-order chi connectivity index (χ1) is 9.04. The van der Waals surface area contributed by atoms with Crippen LogP contribution in [0.3, 0.4) is 0 Å². The molecule has 0 radical (unpaired) electrons. The first-order valence-corrected chi connectivity index (χ1v) is 6.11. The van der Waals surface area contributed by atoms with Crippen LogP contribution < -0.4 is 10.6 Å². The van der Waals surface area contributed by atoms with Crippen molar-refractivity contribution in [2.24, 2.45) is 0 Å². The Kier molecular flexibility index (Phi) is 5.89. The van der Waals surface area contributed by atoms with Gasteiger partial charge in [-0.15, -0.1) is 0 Å². The second kappa shape index (κ2) is 7.43. The van der Waals surface area contributed by atoms with Crippen LogP contribution in [0.4, 0.5) is 10.5 Å². The topological polar surface area (TPSA) is 78.4 Å². The minimum Gasteiger partial charge on any atom is -0.478 e. The second-order valence-corrected chi connectivity index (χ2v) is 4.15. The molecule has 0 aliphatic carbocycles. The number of nitrogens with one attached hydrogen (secondary N) is 2. The largest absolute Gasteiger partial charge is 0.478 e. The van der Waals surface area contributed by atoms with E-state index in [0.717, 1.165) is 6.42 Å². The van der Waals surface area contributed by atoms with Crippen molar-refractivity contribution in [2.45, 2.75) is 13.3 Å². The monoisotopic (exact) mass is 282 g/mol. The Hall–Kier alpha value is -2.01. The minimum atomic E-state index is -1.10. The van der Waals surface area contributed by atoms with E-state index < -0.39 is 5.97 Å². The Morgan fingerprint density at radius 1 is 1.42 bits per heavy atom. The number of anilines is 1. The molecule has 3 N–H and O–H groups in total. The standard InChI is InChI=1S/C13H15ClN2O3/c1-2-3-4-7-15-13(19)16-9-5-6-10(12(17)18)11(14)8-9/h2-3,5-6,8H,4,7H2,1H3,(H,17,18)(H2,15,16,19)/b3-2+. The number of carbonyl (C=O) groups excluding carboxylic acids is 1. The Morgan fingerprint density at radius 3 is 2.74 bits per heavy atom. The van der Waals surface area contributed by atoms with Crippen LogP contribution in [-0.2, 0) is 0 Å². The van der Waals surface area contributed by atoms with Gasteiger partial charge in [-0.1, -0.05) is 23.8 Å². The number of halogens is 1. The molecule has 19 heavy (non-hydrogen) atoms. The molecule has 0 aliphatic rings. The number of hydrogen-bond donors (Lipinski definition) is 3. The summed E-state index contributed by atoms with van der Waals surface area (Å²) >= 11 is 5.79. The maximum absolute atomic E-state index is 11.5. The van der Waals surface area contributed by atoms with Gasteiger partial charge in [0.15, 0.2) is 0 Å². The number of carboxylic acid groups (broad SMARTS) is 1. The molecule has 2 amide bonds. The highest BCUT2D eigenvalue weighted by Crippen LogP contribution is 2.20. The first kappa shape index (κ1) is 15.0. The summed E-state index contributed by atoms with van der Waals surface area (Å²) in [7, 11) is 0. The maximum atomic E-state index is 11.5. The Labute approximate surface area is 116 Å². The average Bonchev–Trinajstić information content (AvgIpc) is 2.34. The van der Waals surface area contributed by atoms with E-state index in [0.29, 0.717) is 12.2 Å². The number of allylic oxidation sites excluding steroid dienone is 1. The summed E-state index contributed by atoms with van der Waals surface area (Å²) in [5, 5.41) is 14.1. The lowest BCUT2D eigenvalue weighted by Crippen LogP contribution is -2.29. The van der Waals surface area contributed by atoms with Crippen molar-refractivity contribution < 1.29 is 14.7 Å². The third kappa shape index (κ3) is 5.01. The quantitative estimate of drug-likeness (QED) is 0.573. The number of aromatic carboxylic acids is 1. The molecule has 0 bridgehead atoms. The summed E-state index contributed by atoms with van der Waals surface area (Å²) in [4.78, 5) is 22.3. The summed E-state index contributed by atoms with van der Waals surface area (Å²) < 4.78 is 0. The number of hydrogen-bond acceptors (Lipinski definition) is 2. The van der Waals surface area contributed by atoms with Crippen molar-refractivity contribution in [1.82, 2.24) is 5.32 Å². The van der Waals surface area contributed by atoms with Gasteiger partial charge in [0.2, 0.25) is 0 Å². The van der Waals surface area contributed by atoms with Crippen LogP contribution in [0, 0.1) is 0 Å². The lowest BCUT2D eigenvalue weighted by Gasteiger charge is -2.08. The van der Waals surface area contributed by atoms with Crippen molar-refractivity contribution in [3.63, 3.8) is 0 Å². The molecule has 0 atom stereocenters. The van der Waals surface area contributed by atoms with E-state index in [9.17, 15) is 9.59 Å². The van der Waals surface area contributed by atoms with Gasteiger partial charge in [-0.25, -0.2) is 9.59 Å². The van der Waals surface area contributed by atoms with Crippen LogP contribution in [0.2, 0.25) is 5.02 Å². The normalized spacial score (nSPS) is 10.4. The van der Waals surface area contributed by atoms with Gasteiger partial charge in [0.05, 0.1) is 10.6 Å². The second-order valence-electron chi connectivity index (χ2n) is 3.74. The molecule has 0 saturated carbocycles. The zero-order valence-electron chi connectivity index (χ0n) is 10.4. The molecular weight excluding hydrogens is 268 g/mol. The molecule has 0 fully saturated rings. The number of carbonyl (C=O) groups is 2. The molecule has 0 saturated heterocycles. The van der Waals surface area contributed by atoms with Crippen LogP contribution in [0.5, 0.6) is 0 Å². The maximum Gasteiger partial charge on any atom is 0.337 e. The molecule has 0 aromatic heterocycles. The average molecular weight is 283 g/mol. The number of benzene rings is 1. The van der Waals surface area contributed by atoms with Gasteiger partial charge < -0.3 is 15.7 Å². The predicted molar refractivity (Wildman–Crippen MR) is 74.9 cm³/mol. The summed E-state index contributed by atoms with van der Waals surface area (Å²) in [6, 6.07) is 3.88. The highest BCUT2D eigenvalue weighted by atomic mass is 35.5. The van der Waals surface area contributed by atoms with E-state index in [1.165, 1.54) is 18.2 Å². The van der Waals surface area contributed by atoms with Gasteiger partial charge in [0.1, 0.15) is 0 Å². The number of rotatable bonds is 5. The Bertz CT molecular complexity index is 501. The molecular formula is C13H15ClN2O3. The summed E-state index contributed by atoms with van der Waals surface area (Å²) in [5.41, 5.74) is 0.444. The van der Waals surface area contributed by atoms with Crippen LogP contribution >= 0.6 is 11.6 Å². The Morgan fingerprint density at radius 2 is 2.16 bits per heavy atom. The lowest BCUT2D eigenvalue weighted by atomic mass is 10.2. The predicted octanol–water partition coefficient (Wildman–Crippen LogP) is 3.13. The van der Waals surface area contributed by atoms with E-state index in [1.807, 2.05) is 19.1 Å². The van der Waals surface area contributed by atoms with E-state index in [4.69, 9.17) is 16.7 Å². The van der Waals surface area contributed by atoms with Crippen LogP contribution in [0.15, 0.2) is 30.4 Å². The third-order valence-corrected chi connectivity index (χ3v) is 2.60. The molecule has 1 aromatic carbocycles. The number of amides is 2. The van der Waals surface area contributed by atoms with Crippen molar-refractivity contribution >= 4 is 29.3 Å². The smallest absolute Gasteiger partial charge is 0.337 e. The van der Waals surface area contributed by atoms with Gasteiger partial charge in [-0.3, -0.25) is 0 Å². The molecule has 0 aliphatic heterocycles. The fourth-order valence-corrected chi connectivity index (χ4v) is 1.64. The fraction of sp³-hybridized carbons (Fsp3) is 0.231. The summed E-state index contributed by atoms with van der Waals surface area (Å²) in [5.74, 6) is -1.10. The molecule has 102 valence electrons. The van der Waals surface area contributed by atoms with E-state index >= 15 is 0 Å². The third-order valence-electron chi connectivity index (χ3n) is 2.29. The van der Waals surface area contributed by atoms with E-state index in [2.05, 4.69) is 10.6 Å². The van der Waals surface area contributed by atoms with Crippen LogP contribution in [0.1, 0.15) is 23.7 Å². The molecule has 0 heterocycles. The number of carboxylic acids is 1. The number of urea groups is 1. The molecule has 0 spiro atoms. The van der Waals surface area contributed by atoms with Gasteiger partial charge in [-0.05, 0) is 31.5 Å². The molecule has 1 aromatic rings. The Balaban J connectivity index is 2.55. The van der Waals surface area contributed by atoms with Crippen LogP contribution in [-0.4, -0.2) is 23.7 Å². The summed E-state index contributed by atoms with van der Waals surface area (Å²) in [6.45, 7) is 2.43. The molecule has 1 rings (SSSR count). The highest BCUT2D eigenvalue weighted by Gasteiger charge is 2.09. The fourth-order valence-electron chi connectivity index (χ4n) is 1.38. The van der Waals surface area contributed by atoms with Crippen molar-refractivity contribution in [3.05, 3.63) is 40.9 Å². The zero-order valence-corrected chi connectivity index (χ0v) is 11.2. The lowest BCUT2D eigenvalue weighted by molar-refractivity contribution is 0.0697. The minimum absolute atomic E-state index is 0.000655. The van der Waals surface area contributed by atoms with Crippen molar-refractivity contribution in [1.29, 1.82) is 0 Å². The van der Waals surface area contributed by atoms with Crippen molar-refractivity contribution in [2.75, 3.05) is 11.9 Å². The zero-order chi connectivity index (χ0) is 14.3.